The van der Waals surface area contributed by atoms with Crippen LogP contribution in [-0.2, 0) is 25.7 Å². The summed E-state index contributed by atoms with van der Waals surface area (Å²) in [6.07, 6.45) is 10.9. The average molecular weight is 368 g/mol. The van der Waals surface area contributed by atoms with Crippen LogP contribution in [-0.4, -0.2) is 17.5 Å². The van der Waals surface area contributed by atoms with Gasteiger partial charge in [0.05, 0.1) is 0 Å². The Balaban J connectivity index is 1.35. The highest BCUT2D eigenvalue weighted by Gasteiger charge is 2.25. The molecule has 0 radical (unpaired) electrons. The van der Waals surface area contributed by atoms with Crippen molar-refractivity contribution in [2.45, 2.75) is 57.9 Å². The van der Waals surface area contributed by atoms with Gasteiger partial charge in [0.15, 0.2) is 0 Å². The van der Waals surface area contributed by atoms with Gasteiger partial charge in [-0.25, -0.2) is 0 Å². The van der Waals surface area contributed by atoms with Gasteiger partial charge < -0.3 is 14.9 Å². The predicted molar refractivity (Wildman–Crippen MR) is 113 cm³/mol. The summed E-state index contributed by atoms with van der Waals surface area (Å²) in [6.45, 7) is 11.4. The smallest absolute Gasteiger partial charge is 0.106 e. The molecule has 2 N–H and O–H groups in total. The summed E-state index contributed by atoms with van der Waals surface area (Å²) in [5.74, 6) is 0.874. The van der Waals surface area contributed by atoms with Gasteiger partial charge in [0, 0.05) is 24.0 Å². The van der Waals surface area contributed by atoms with Crippen LogP contribution in [0.15, 0.2) is 42.2 Å². The third-order valence-electron chi connectivity index (χ3n) is 5.86. The minimum absolute atomic E-state index is 0.503. The number of rotatable bonds is 7. The van der Waals surface area contributed by atoms with Crippen molar-refractivity contribution < 1.29 is 0 Å². The molecule has 0 bridgehead atoms. The van der Waals surface area contributed by atoms with Crippen molar-refractivity contribution in [2.24, 2.45) is 0 Å². The van der Waals surface area contributed by atoms with E-state index in [-0.39, 0.29) is 0 Å². The number of nitrogens with one attached hydrogen (secondary N) is 2. The molecule has 1 aromatic carbocycles. The Morgan fingerprint density at radius 2 is 1.85 bits per heavy atom. The summed E-state index contributed by atoms with van der Waals surface area (Å²) in [4.78, 5) is 2.33. The van der Waals surface area contributed by atoms with E-state index in [4.69, 9.17) is 0 Å². The molecule has 0 amide bonds. The second kappa shape index (κ2) is 7.43. The topological polar surface area (TPSA) is 27.3 Å². The van der Waals surface area contributed by atoms with Crippen LogP contribution in [0, 0.1) is 0 Å². The monoisotopic (exact) mass is 367 g/mol. The van der Waals surface area contributed by atoms with Gasteiger partial charge in [0.2, 0.25) is 0 Å². The van der Waals surface area contributed by atoms with Gasteiger partial charge in [0.25, 0.3) is 0 Å². The summed E-state index contributed by atoms with van der Waals surface area (Å²) in [6, 6.07) is 2.97. The molecule has 2 aliphatic carbocycles. The maximum atomic E-state index is 4.19. The number of likely N-dealkylation sites (tertiary alicyclic amines) is 1. The molecule has 0 aromatic heterocycles. The lowest BCUT2D eigenvalue weighted by Crippen LogP contribution is -2.44. The number of benzene rings is 1. The molecule has 1 aromatic rings. The van der Waals surface area contributed by atoms with Crippen molar-refractivity contribution >= 4 is 17.6 Å². The Labute approximate surface area is 161 Å². The highest BCUT2D eigenvalue weighted by molar-refractivity contribution is 8.00. The van der Waals surface area contributed by atoms with Crippen molar-refractivity contribution in [3.63, 3.8) is 0 Å². The number of anilines is 1. The van der Waals surface area contributed by atoms with Crippen molar-refractivity contribution in [3.8, 4) is 0 Å². The molecule has 26 heavy (non-hydrogen) atoms. The van der Waals surface area contributed by atoms with Gasteiger partial charge in [0.1, 0.15) is 5.82 Å². The Morgan fingerprint density at radius 1 is 1.15 bits per heavy atom. The maximum Gasteiger partial charge on any atom is 0.106 e. The Hall–Kier alpha value is -1.81. The number of hydrogen-bond acceptors (Lipinski definition) is 4. The van der Waals surface area contributed by atoms with Crippen LogP contribution in [0.1, 0.15) is 48.4 Å². The summed E-state index contributed by atoms with van der Waals surface area (Å²) >= 11 is 1.59. The van der Waals surface area contributed by atoms with Gasteiger partial charge >= 0.3 is 0 Å². The first-order valence-electron chi connectivity index (χ1n) is 9.76. The molecule has 3 aliphatic rings. The SMILES string of the molecule is C=C(NS/C=C/C1CCN1C(=C)C)Nc1c2c(cc3c1CCC3)CCC2. The largest absolute Gasteiger partial charge is 0.369 e. The summed E-state index contributed by atoms with van der Waals surface area (Å²) in [7, 11) is 0. The molecule has 1 atom stereocenters. The molecule has 1 heterocycles. The molecular weight excluding hydrogens is 338 g/mol. The first kappa shape index (κ1) is 17.6. The number of nitrogens with zero attached hydrogens (tertiary/aromatic N) is 1. The highest BCUT2D eigenvalue weighted by atomic mass is 32.2. The number of hydrogen-bond donors (Lipinski definition) is 2. The van der Waals surface area contributed by atoms with Gasteiger partial charge in [-0.15, -0.1) is 0 Å². The van der Waals surface area contributed by atoms with Gasteiger partial charge in [-0.05, 0) is 91.5 Å². The van der Waals surface area contributed by atoms with E-state index in [0.717, 1.165) is 18.1 Å². The average Bonchev–Trinajstić information content (AvgIpc) is 3.21. The fourth-order valence-corrected chi connectivity index (χ4v) is 4.98. The standard InChI is InChI=1S/C22H29N3S/c1-15(2)25-12-10-19(25)11-13-26-24-16(3)23-22-20-8-4-6-17(20)14-18-7-5-9-21(18)22/h11,13-14,19,23-24H,1,3-10,12H2,2H3/b13-11+. The molecule has 1 unspecified atom stereocenters. The number of allylic oxidation sites excluding steroid dienone is 1. The summed E-state index contributed by atoms with van der Waals surface area (Å²) in [5, 5.41) is 5.73. The van der Waals surface area contributed by atoms with Crippen LogP contribution in [0.2, 0.25) is 0 Å². The normalized spacial score (nSPS) is 20.7. The van der Waals surface area contributed by atoms with Crippen LogP contribution in [0.5, 0.6) is 0 Å². The number of fused-ring (bicyclic) bond motifs is 2. The van der Waals surface area contributed by atoms with Gasteiger partial charge in [-0.3, -0.25) is 0 Å². The fraction of sp³-hybridized carbons (Fsp3) is 0.455. The van der Waals surface area contributed by atoms with E-state index in [1.165, 1.54) is 61.8 Å². The van der Waals surface area contributed by atoms with Crippen molar-refractivity contribution in [2.75, 3.05) is 11.9 Å². The minimum Gasteiger partial charge on any atom is -0.369 e. The van der Waals surface area contributed by atoms with Crippen molar-refractivity contribution in [3.05, 3.63) is 64.5 Å². The van der Waals surface area contributed by atoms with Crippen LogP contribution in [0.3, 0.4) is 0 Å². The van der Waals surface area contributed by atoms with E-state index < -0.39 is 0 Å². The van der Waals surface area contributed by atoms with E-state index in [2.05, 4.69) is 52.6 Å². The van der Waals surface area contributed by atoms with Crippen molar-refractivity contribution in [1.29, 1.82) is 0 Å². The Bertz CT molecular complexity index is 733. The lowest BCUT2D eigenvalue weighted by Gasteiger charge is -2.41. The van der Waals surface area contributed by atoms with E-state index in [1.54, 1.807) is 23.1 Å². The maximum absolute atomic E-state index is 4.19. The van der Waals surface area contributed by atoms with Crippen LogP contribution >= 0.6 is 11.9 Å². The lowest BCUT2D eigenvalue weighted by atomic mass is 9.99. The molecule has 138 valence electrons. The second-order valence-corrected chi connectivity index (χ2v) is 8.38. The van der Waals surface area contributed by atoms with E-state index in [0.29, 0.717) is 6.04 Å². The van der Waals surface area contributed by atoms with E-state index >= 15 is 0 Å². The molecule has 4 heteroatoms. The Morgan fingerprint density at radius 3 is 2.42 bits per heavy atom. The molecule has 0 spiro atoms. The zero-order valence-corrected chi connectivity index (χ0v) is 16.6. The quantitative estimate of drug-likeness (QED) is 0.670. The molecule has 4 rings (SSSR count). The third-order valence-corrected chi connectivity index (χ3v) is 6.51. The molecule has 1 fully saturated rings. The zero-order valence-electron chi connectivity index (χ0n) is 15.7. The van der Waals surface area contributed by atoms with Crippen LogP contribution in [0.4, 0.5) is 5.69 Å². The number of aryl methyl sites for hydroxylation is 2. The fourth-order valence-electron chi connectivity index (χ4n) is 4.46. The molecule has 1 aliphatic heterocycles. The minimum atomic E-state index is 0.503. The molecular formula is C22H29N3S. The second-order valence-electron chi connectivity index (χ2n) is 7.67. The molecule has 3 nitrogen and oxygen atoms in total. The lowest BCUT2D eigenvalue weighted by molar-refractivity contribution is 0.177. The van der Waals surface area contributed by atoms with E-state index in [1.807, 2.05) is 0 Å². The van der Waals surface area contributed by atoms with Crippen LogP contribution < -0.4 is 10.0 Å². The first-order chi connectivity index (χ1) is 12.6. The molecule has 1 saturated heterocycles. The summed E-state index contributed by atoms with van der Waals surface area (Å²) in [5.41, 5.74) is 8.67. The third kappa shape index (κ3) is 3.39. The molecule has 0 saturated carbocycles. The van der Waals surface area contributed by atoms with Crippen molar-refractivity contribution in [1.82, 2.24) is 9.62 Å². The predicted octanol–water partition coefficient (Wildman–Crippen LogP) is 4.91. The highest BCUT2D eigenvalue weighted by Crippen LogP contribution is 2.39. The van der Waals surface area contributed by atoms with Crippen LogP contribution in [0.25, 0.3) is 0 Å². The summed E-state index contributed by atoms with van der Waals surface area (Å²) < 4.78 is 3.34. The van der Waals surface area contributed by atoms with Gasteiger partial charge in [-0.2, -0.15) is 0 Å². The Kier molecular flexibility index (Phi) is 5.03. The zero-order chi connectivity index (χ0) is 18.1. The van der Waals surface area contributed by atoms with E-state index in [9.17, 15) is 0 Å². The first-order valence-corrected chi connectivity index (χ1v) is 10.6. The van der Waals surface area contributed by atoms with Gasteiger partial charge in [-0.1, -0.05) is 25.3 Å².